The third kappa shape index (κ3) is 5.58. The number of nitrogens with zero attached hydrogens (tertiary/aromatic N) is 2. The van der Waals surface area contributed by atoms with Gasteiger partial charge in [0.05, 0.1) is 5.25 Å². The van der Waals surface area contributed by atoms with Gasteiger partial charge in [0.25, 0.3) is 5.22 Å². The first-order valence-corrected chi connectivity index (χ1v) is 9.87. The predicted octanol–water partition coefficient (Wildman–Crippen LogP) is 5.19. The fraction of sp³-hybridized carbons (Fsp3) is 0.250. The van der Waals surface area contributed by atoms with Crippen LogP contribution in [-0.2, 0) is 11.2 Å². The molecule has 2 unspecified atom stereocenters. The van der Waals surface area contributed by atoms with Gasteiger partial charge in [0.15, 0.2) is 0 Å². The fourth-order valence-electron chi connectivity index (χ4n) is 2.51. The Morgan fingerprint density at radius 2 is 1.81 bits per heavy atom. The van der Waals surface area contributed by atoms with Crippen molar-refractivity contribution in [2.24, 2.45) is 0 Å². The number of amides is 1. The third-order valence-electron chi connectivity index (χ3n) is 4.06. The molecule has 0 bridgehead atoms. The number of hydrogen-bond acceptors (Lipinski definition) is 5. The summed E-state index contributed by atoms with van der Waals surface area (Å²) in [5.41, 5.74) is 1.92. The molecule has 7 heteroatoms. The van der Waals surface area contributed by atoms with Crippen LogP contribution in [0, 0.1) is 0 Å². The van der Waals surface area contributed by atoms with Crippen LogP contribution in [0.3, 0.4) is 0 Å². The predicted molar refractivity (Wildman–Crippen MR) is 108 cm³/mol. The molecule has 3 rings (SSSR count). The van der Waals surface area contributed by atoms with Gasteiger partial charge in [0.1, 0.15) is 0 Å². The molecule has 1 N–H and O–H groups in total. The molecule has 2 atom stereocenters. The number of nitrogens with one attached hydrogen (secondary N) is 1. The van der Waals surface area contributed by atoms with Crippen molar-refractivity contribution in [3.05, 3.63) is 71.1 Å². The summed E-state index contributed by atoms with van der Waals surface area (Å²) in [7, 11) is 0. The van der Waals surface area contributed by atoms with E-state index in [1.807, 2.05) is 18.2 Å². The highest BCUT2D eigenvalue weighted by Crippen LogP contribution is 2.25. The van der Waals surface area contributed by atoms with Gasteiger partial charge in [-0.15, -0.1) is 10.2 Å². The summed E-state index contributed by atoms with van der Waals surface area (Å²) in [5.74, 6) is 0.703. The summed E-state index contributed by atoms with van der Waals surface area (Å²) in [6, 6.07) is 17.2. The van der Waals surface area contributed by atoms with Gasteiger partial charge in [-0.2, -0.15) is 0 Å². The maximum atomic E-state index is 12.3. The molecule has 0 fully saturated rings. The third-order valence-corrected chi connectivity index (χ3v) is 5.24. The molecule has 1 aromatic heterocycles. The normalized spacial score (nSPS) is 13.1. The first kappa shape index (κ1) is 19.5. The Labute approximate surface area is 167 Å². The fourth-order valence-corrected chi connectivity index (χ4v) is 3.34. The van der Waals surface area contributed by atoms with Crippen LogP contribution in [0.1, 0.15) is 31.2 Å². The van der Waals surface area contributed by atoms with Crippen molar-refractivity contribution in [3.8, 4) is 0 Å². The molecular formula is C20H20ClN3O2S. The van der Waals surface area contributed by atoms with Crippen molar-refractivity contribution < 1.29 is 9.21 Å². The van der Waals surface area contributed by atoms with Gasteiger partial charge >= 0.3 is 0 Å². The molecule has 3 aromatic rings. The van der Waals surface area contributed by atoms with E-state index in [0.717, 1.165) is 0 Å². The van der Waals surface area contributed by atoms with Gasteiger partial charge in [-0.1, -0.05) is 60.6 Å². The van der Waals surface area contributed by atoms with Crippen molar-refractivity contribution in [1.82, 2.24) is 10.2 Å². The summed E-state index contributed by atoms with van der Waals surface area (Å²) >= 11 is 7.09. The Morgan fingerprint density at radius 1 is 1.11 bits per heavy atom. The molecule has 27 heavy (non-hydrogen) atoms. The van der Waals surface area contributed by atoms with Crippen LogP contribution in [0.4, 0.5) is 5.69 Å². The zero-order valence-electron chi connectivity index (χ0n) is 15.1. The Balaban J connectivity index is 1.55. The van der Waals surface area contributed by atoms with Crippen LogP contribution in [0.5, 0.6) is 0 Å². The highest BCUT2D eigenvalue weighted by atomic mass is 35.5. The van der Waals surface area contributed by atoms with Gasteiger partial charge in [0.2, 0.25) is 11.8 Å². The summed E-state index contributed by atoms with van der Waals surface area (Å²) < 4.78 is 5.71. The number of thioether (sulfide) groups is 1. The van der Waals surface area contributed by atoms with E-state index in [0.29, 0.717) is 28.2 Å². The van der Waals surface area contributed by atoms with E-state index in [1.165, 1.54) is 17.3 Å². The molecule has 0 saturated heterocycles. The van der Waals surface area contributed by atoms with E-state index < -0.39 is 0 Å². The Kier molecular flexibility index (Phi) is 6.53. The lowest BCUT2D eigenvalue weighted by Gasteiger charge is -2.10. The second kappa shape index (κ2) is 9.06. The van der Waals surface area contributed by atoms with Gasteiger partial charge in [-0.3, -0.25) is 4.79 Å². The number of halogens is 1. The van der Waals surface area contributed by atoms with Crippen LogP contribution in [0.25, 0.3) is 0 Å². The van der Waals surface area contributed by atoms with Crippen LogP contribution in [-0.4, -0.2) is 21.4 Å². The average molecular weight is 402 g/mol. The zero-order valence-corrected chi connectivity index (χ0v) is 16.6. The second-order valence-electron chi connectivity index (χ2n) is 6.23. The molecule has 1 amide bonds. The molecule has 0 saturated carbocycles. The smallest absolute Gasteiger partial charge is 0.277 e. The van der Waals surface area contributed by atoms with Gasteiger partial charge < -0.3 is 9.73 Å². The lowest BCUT2D eigenvalue weighted by Crippen LogP contribution is -2.22. The number of carbonyl (C=O) groups is 1. The van der Waals surface area contributed by atoms with Crippen LogP contribution >= 0.6 is 23.4 Å². The lowest BCUT2D eigenvalue weighted by atomic mass is 9.98. The van der Waals surface area contributed by atoms with Crippen molar-refractivity contribution in [2.75, 3.05) is 5.32 Å². The largest absolute Gasteiger partial charge is 0.416 e. The minimum atomic E-state index is -0.375. The van der Waals surface area contributed by atoms with Crippen LogP contribution in [0.15, 0.2) is 64.2 Å². The van der Waals surface area contributed by atoms with Gasteiger partial charge in [-0.05, 0) is 42.7 Å². The van der Waals surface area contributed by atoms with E-state index in [4.69, 9.17) is 16.0 Å². The number of anilines is 1. The Morgan fingerprint density at radius 3 is 2.52 bits per heavy atom. The van der Waals surface area contributed by atoms with E-state index in [9.17, 15) is 4.79 Å². The topological polar surface area (TPSA) is 68.0 Å². The zero-order chi connectivity index (χ0) is 19.2. The highest BCUT2D eigenvalue weighted by molar-refractivity contribution is 8.00. The maximum Gasteiger partial charge on any atom is 0.277 e. The SMILES string of the molecule is CC(Sc1nnc(CC(C)c2ccccc2)o1)C(=O)Nc1ccc(Cl)cc1. The van der Waals surface area contributed by atoms with Crippen molar-refractivity contribution in [2.45, 2.75) is 36.7 Å². The van der Waals surface area contributed by atoms with E-state index in [2.05, 4.69) is 34.6 Å². The van der Waals surface area contributed by atoms with Gasteiger partial charge in [0, 0.05) is 17.1 Å². The first-order chi connectivity index (χ1) is 13.0. The quantitative estimate of drug-likeness (QED) is 0.552. The summed E-state index contributed by atoms with van der Waals surface area (Å²) in [4.78, 5) is 12.3. The number of carbonyl (C=O) groups excluding carboxylic acids is 1. The number of aromatic nitrogens is 2. The van der Waals surface area contributed by atoms with Gasteiger partial charge in [-0.25, -0.2) is 0 Å². The summed E-state index contributed by atoms with van der Waals surface area (Å²) in [6.45, 7) is 3.92. The Bertz CT molecular complexity index is 884. The minimum absolute atomic E-state index is 0.139. The monoisotopic (exact) mass is 401 g/mol. The van der Waals surface area contributed by atoms with Crippen LogP contribution in [0.2, 0.25) is 5.02 Å². The molecule has 140 valence electrons. The molecule has 0 spiro atoms. The molecule has 0 aliphatic rings. The van der Waals surface area contributed by atoms with E-state index >= 15 is 0 Å². The average Bonchev–Trinajstić information content (AvgIpc) is 3.11. The number of benzene rings is 2. The first-order valence-electron chi connectivity index (χ1n) is 8.61. The second-order valence-corrected chi connectivity index (χ2v) is 7.96. The molecule has 0 radical (unpaired) electrons. The number of hydrogen-bond donors (Lipinski definition) is 1. The highest BCUT2D eigenvalue weighted by Gasteiger charge is 2.19. The standard InChI is InChI=1S/C20H20ClN3O2S/c1-13(15-6-4-3-5-7-15)12-18-23-24-20(26-18)27-14(2)19(25)22-17-10-8-16(21)9-11-17/h3-11,13-14H,12H2,1-2H3,(H,22,25). The molecule has 5 nitrogen and oxygen atoms in total. The number of rotatable bonds is 7. The van der Waals surface area contributed by atoms with E-state index in [-0.39, 0.29) is 17.1 Å². The molecule has 0 aliphatic carbocycles. The molecule has 0 aliphatic heterocycles. The summed E-state index contributed by atoms with van der Waals surface area (Å²) in [6.07, 6.45) is 0.656. The summed E-state index contributed by atoms with van der Waals surface area (Å²) in [5, 5.41) is 11.6. The Hall–Kier alpha value is -2.31. The minimum Gasteiger partial charge on any atom is -0.416 e. The lowest BCUT2D eigenvalue weighted by molar-refractivity contribution is -0.115. The van der Waals surface area contributed by atoms with Crippen molar-refractivity contribution in [3.63, 3.8) is 0 Å². The van der Waals surface area contributed by atoms with Crippen molar-refractivity contribution in [1.29, 1.82) is 0 Å². The van der Waals surface area contributed by atoms with Crippen molar-refractivity contribution >= 4 is 35.0 Å². The van der Waals surface area contributed by atoms with Crippen LogP contribution < -0.4 is 5.32 Å². The molecule has 1 heterocycles. The van der Waals surface area contributed by atoms with E-state index in [1.54, 1.807) is 31.2 Å². The maximum absolute atomic E-state index is 12.3. The molecule has 2 aromatic carbocycles. The molecular weight excluding hydrogens is 382 g/mol.